The van der Waals surface area contributed by atoms with E-state index in [-0.39, 0.29) is 5.82 Å². The van der Waals surface area contributed by atoms with Crippen molar-refractivity contribution in [3.63, 3.8) is 0 Å². The largest absolute Gasteiger partial charge is 0.379 e. The van der Waals surface area contributed by atoms with Gasteiger partial charge in [0, 0.05) is 30.2 Å². The lowest BCUT2D eigenvalue weighted by Gasteiger charge is -2.26. The molecule has 3 aromatic rings. The number of aromatic nitrogens is 3. The van der Waals surface area contributed by atoms with Gasteiger partial charge in [-0.2, -0.15) is 15.0 Å². The molecule has 1 aliphatic heterocycles. The van der Waals surface area contributed by atoms with Crippen LogP contribution in [0.15, 0.2) is 48.5 Å². The average molecular weight is 444 g/mol. The van der Waals surface area contributed by atoms with Crippen LogP contribution in [-0.4, -0.2) is 59.3 Å². The van der Waals surface area contributed by atoms with E-state index in [0.717, 1.165) is 68.3 Å². The predicted octanol–water partition coefficient (Wildman–Crippen LogP) is 3.60. The van der Waals surface area contributed by atoms with E-state index in [1.54, 1.807) is 10.9 Å². The molecule has 6 nitrogen and oxygen atoms in total. The number of nitrogens with zero attached hydrogens (tertiary/aromatic N) is 4. The van der Waals surface area contributed by atoms with Gasteiger partial charge in [-0.3, -0.25) is 4.90 Å². The molecule has 1 fully saturated rings. The SMILES string of the molecule is Fc1ccc(Cn2nc(CNCCCN3CCOCC3)c(-c3ccccc3)n2)c(Cl)c1. The Balaban J connectivity index is 1.41. The van der Waals surface area contributed by atoms with Gasteiger partial charge in [0.2, 0.25) is 0 Å². The molecule has 164 valence electrons. The molecule has 31 heavy (non-hydrogen) atoms. The van der Waals surface area contributed by atoms with Crippen molar-refractivity contribution in [2.24, 2.45) is 0 Å². The van der Waals surface area contributed by atoms with Crippen LogP contribution in [0.2, 0.25) is 5.02 Å². The van der Waals surface area contributed by atoms with Crippen molar-refractivity contribution >= 4 is 11.6 Å². The number of nitrogens with one attached hydrogen (secondary N) is 1. The molecule has 1 aromatic heterocycles. The van der Waals surface area contributed by atoms with Crippen LogP contribution in [0, 0.1) is 5.82 Å². The Morgan fingerprint density at radius 2 is 1.87 bits per heavy atom. The highest BCUT2D eigenvalue weighted by Gasteiger charge is 2.15. The quantitative estimate of drug-likeness (QED) is 0.512. The van der Waals surface area contributed by atoms with E-state index in [0.29, 0.717) is 18.1 Å². The van der Waals surface area contributed by atoms with E-state index in [4.69, 9.17) is 26.5 Å². The lowest BCUT2D eigenvalue weighted by Crippen LogP contribution is -2.37. The molecule has 0 aliphatic carbocycles. The second-order valence-electron chi connectivity index (χ2n) is 7.61. The highest BCUT2D eigenvalue weighted by molar-refractivity contribution is 6.31. The molecule has 1 N–H and O–H groups in total. The molecular weight excluding hydrogens is 417 g/mol. The molecule has 1 saturated heterocycles. The molecular formula is C23H27ClFN5O. The van der Waals surface area contributed by atoms with Crippen LogP contribution < -0.4 is 5.32 Å². The fraction of sp³-hybridized carbons (Fsp3) is 0.391. The zero-order valence-corrected chi connectivity index (χ0v) is 18.2. The minimum absolute atomic E-state index is 0.353. The Labute approximate surface area is 187 Å². The third kappa shape index (κ3) is 6.11. The summed E-state index contributed by atoms with van der Waals surface area (Å²) in [6, 6.07) is 14.4. The average Bonchev–Trinajstić information content (AvgIpc) is 3.19. The standard InChI is InChI=1S/C23H27ClFN5O/c24-21-15-20(25)8-7-19(21)17-30-27-22(23(28-30)18-5-2-1-3-6-18)16-26-9-4-10-29-11-13-31-14-12-29/h1-3,5-8,15,26H,4,9-14,16-17H2. The van der Waals surface area contributed by atoms with Crippen LogP contribution in [0.4, 0.5) is 4.39 Å². The zero-order valence-electron chi connectivity index (χ0n) is 17.4. The first-order valence-corrected chi connectivity index (χ1v) is 11.0. The number of morpholine rings is 1. The van der Waals surface area contributed by atoms with Gasteiger partial charge in [-0.05, 0) is 37.2 Å². The van der Waals surface area contributed by atoms with Gasteiger partial charge in [0.25, 0.3) is 0 Å². The number of hydrogen-bond donors (Lipinski definition) is 1. The molecule has 0 radical (unpaired) electrons. The summed E-state index contributed by atoms with van der Waals surface area (Å²) in [5.74, 6) is -0.353. The lowest BCUT2D eigenvalue weighted by molar-refractivity contribution is 0.0374. The molecule has 0 unspecified atom stereocenters. The van der Waals surface area contributed by atoms with Crippen molar-refractivity contribution in [2.45, 2.75) is 19.5 Å². The third-order valence-electron chi connectivity index (χ3n) is 5.32. The van der Waals surface area contributed by atoms with Gasteiger partial charge in [0.1, 0.15) is 17.2 Å². The Morgan fingerprint density at radius 1 is 1.06 bits per heavy atom. The monoisotopic (exact) mass is 443 g/mol. The molecule has 0 amide bonds. The van der Waals surface area contributed by atoms with Gasteiger partial charge in [-0.15, -0.1) is 0 Å². The summed E-state index contributed by atoms with van der Waals surface area (Å²) >= 11 is 6.19. The maximum atomic E-state index is 13.4. The maximum Gasteiger partial charge on any atom is 0.124 e. The number of hydrogen-bond acceptors (Lipinski definition) is 5. The van der Waals surface area contributed by atoms with E-state index in [1.165, 1.54) is 12.1 Å². The lowest BCUT2D eigenvalue weighted by atomic mass is 10.1. The molecule has 8 heteroatoms. The van der Waals surface area contributed by atoms with Crippen LogP contribution >= 0.6 is 11.6 Å². The molecule has 0 atom stereocenters. The molecule has 2 aromatic carbocycles. The molecule has 2 heterocycles. The summed E-state index contributed by atoms with van der Waals surface area (Å²) in [5.41, 5.74) is 3.53. The van der Waals surface area contributed by atoms with E-state index >= 15 is 0 Å². The van der Waals surface area contributed by atoms with Crippen molar-refractivity contribution in [3.05, 3.63) is 70.6 Å². The van der Waals surface area contributed by atoms with Crippen LogP contribution in [0.3, 0.4) is 0 Å². The Kier molecular flexibility index (Phi) is 7.64. The number of benzene rings is 2. The van der Waals surface area contributed by atoms with Crippen molar-refractivity contribution in [1.29, 1.82) is 0 Å². The normalized spacial score (nSPS) is 14.8. The van der Waals surface area contributed by atoms with Gasteiger partial charge in [-0.1, -0.05) is 48.0 Å². The van der Waals surface area contributed by atoms with Gasteiger partial charge in [0.05, 0.1) is 19.8 Å². The Hall–Kier alpha value is -2.32. The van der Waals surface area contributed by atoms with Crippen LogP contribution in [-0.2, 0) is 17.8 Å². The van der Waals surface area contributed by atoms with E-state index < -0.39 is 0 Å². The Morgan fingerprint density at radius 3 is 2.65 bits per heavy atom. The van der Waals surface area contributed by atoms with Gasteiger partial charge in [0.15, 0.2) is 0 Å². The van der Waals surface area contributed by atoms with Crippen molar-refractivity contribution < 1.29 is 9.13 Å². The van der Waals surface area contributed by atoms with Crippen molar-refractivity contribution in [3.8, 4) is 11.3 Å². The number of halogens is 2. The highest BCUT2D eigenvalue weighted by Crippen LogP contribution is 2.22. The number of rotatable bonds is 9. The van der Waals surface area contributed by atoms with Crippen LogP contribution in [0.25, 0.3) is 11.3 Å². The summed E-state index contributed by atoms with van der Waals surface area (Å²) in [6.07, 6.45) is 1.07. The smallest absolute Gasteiger partial charge is 0.124 e. The van der Waals surface area contributed by atoms with Crippen LogP contribution in [0.5, 0.6) is 0 Å². The van der Waals surface area contributed by atoms with E-state index in [9.17, 15) is 4.39 Å². The minimum atomic E-state index is -0.353. The first-order valence-electron chi connectivity index (χ1n) is 10.6. The fourth-order valence-corrected chi connectivity index (χ4v) is 3.88. The Bertz CT molecular complexity index is 975. The second kappa shape index (κ2) is 10.8. The van der Waals surface area contributed by atoms with Crippen molar-refractivity contribution in [2.75, 3.05) is 39.4 Å². The molecule has 0 bridgehead atoms. The summed E-state index contributed by atoms with van der Waals surface area (Å²) in [6.45, 7) is 6.67. The van der Waals surface area contributed by atoms with Gasteiger partial charge >= 0.3 is 0 Å². The first-order chi connectivity index (χ1) is 15.2. The molecule has 0 spiro atoms. The zero-order chi connectivity index (χ0) is 21.5. The minimum Gasteiger partial charge on any atom is -0.379 e. The predicted molar refractivity (Wildman–Crippen MR) is 120 cm³/mol. The van der Waals surface area contributed by atoms with Crippen LogP contribution in [0.1, 0.15) is 17.7 Å². The third-order valence-corrected chi connectivity index (χ3v) is 5.67. The second-order valence-corrected chi connectivity index (χ2v) is 8.02. The molecule has 4 rings (SSSR count). The van der Waals surface area contributed by atoms with E-state index in [1.807, 2.05) is 30.3 Å². The summed E-state index contributed by atoms with van der Waals surface area (Å²) in [4.78, 5) is 4.06. The summed E-state index contributed by atoms with van der Waals surface area (Å²) in [5, 5.41) is 13.3. The molecule has 1 aliphatic rings. The topological polar surface area (TPSA) is 55.2 Å². The van der Waals surface area contributed by atoms with Gasteiger partial charge in [-0.25, -0.2) is 4.39 Å². The summed E-state index contributed by atoms with van der Waals surface area (Å²) in [7, 11) is 0. The van der Waals surface area contributed by atoms with Gasteiger partial charge < -0.3 is 10.1 Å². The number of ether oxygens (including phenoxy) is 1. The summed E-state index contributed by atoms with van der Waals surface area (Å²) < 4.78 is 18.8. The maximum absolute atomic E-state index is 13.4. The molecule has 0 saturated carbocycles. The van der Waals surface area contributed by atoms with Crippen molar-refractivity contribution in [1.82, 2.24) is 25.2 Å². The fourth-order valence-electron chi connectivity index (χ4n) is 3.65. The van der Waals surface area contributed by atoms with E-state index in [2.05, 4.69) is 10.2 Å². The highest BCUT2D eigenvalue weighted by atomic mass is 35.5. The first kappa shape index (κ1) is 21.9.